The van der Waals surface area contributed by atoms with Crippen molar-refractivity contribution < 1.29 is 9.21 Å². The number of aromatic nitrogens is 4. The third-order valence-electron chi connectivity index (χ3n) is 6.21. The van der Waals surface area contributed by atoms with Crippen LogP contribution >= 0.6 is 11.6 Å². The van der Waals surface area contributed by atoms with Gasteiger partial charge < -0.3 is 14.2 Å². The summed E-state index contributed by atoms with van der Waals surface area (Å²) in [5.74, 6) is 2.32. The molecule has 0 atom stereocenters. The molecule has 0 aliphatic carbocycles. The number of amides is 1. The fourth-order valence-electron chi connectivity index (χ4n) is 4.50. The van der Waals surface area contributed by atoms with Crippen molar-refractivity contribution in [3.63, 3.8) is 0 Å². The summed E-state index contributed by atoms with van der Waals surface area (Å²) < 4.78 is 7.60. The Labute approximate surface area is 203 Å². The van der Waals surface area contributed by atoms with E-state index in [0.717, 1.165) is 28.3 Å². The first-order valence-electron chi connectivity index (χ1n) is 11.4. The lowest BCUT2D eigenvalue weighted by Gasteiger charge is -2.35. The number of aryl methyl sites for hydroxylation is 2. The van der Waals surface area contributed by atoms with Gasteiger partial charge >= 0.3 is 0 Å². The molecule has 4 aromatic heterocycles. The van der Waals surface area contributed by atoms with Gasteiger partial charge in [-0.3, -0.25) is 4.79 Å². The molecule has 0 N–H and O–H groups in total. The van der Waals surface area contributed by atoms with Crippen molar-refractivity contribution >= 4 is 34.4 Å². The monoisotopic (exact) mass is 478 g/mol. The average Bonchev–Trinajstić information content (AvgIpc) is 3.41. The molecule has 1 aliphatic rings. The fraction of sp³-hybridized carbons (Fsp3) is 0.360. The molecule has 1 amide bonds. The van der Waals surface area contributed by atoms with Gasteiger partial charge in [0, 0.05) is 44.0 Å². The van der Waals surface area contributed by atoms with E-state index in [1.807, 2.05) is 47.7 Å². The lowest BCUT2D eigenvalue weighted by molar-refractivity contribution is 0.0748. The normalized spacial score (nSPS) is 14.4. The van der Waals surface area contributed by atoms with Crippen molar-refractivity contribution in [2.45, 2.75) is 33.7 Å². The Bertz CT molecular complexity index is 1370. The summed E-state index contributed by atoms with van der Waals surface area (Å²) >= 11 is 6.33. The van der Waals surface area contributed by atoms with Crippen LogP contribution in [0.3, 0.4) is 0 Å². The molecular weight excluding hydrogens is 452 g/mol. The number of hydrogen-bond acceptors (Lipinski definition) is 6. The van der Waals surface area contributed by atoms with Crippen molar-refractivity contribution in [2.24, 2.45) is 0 Å². The largest absolute Gasteiger partial charge is 0.466 e. The van der Waals surface area contributed by atoms with Crippen LogP contribution in [-0.2, 0) is 0 Å². The van der Waals surface area contributed by atoms with Crippen LogP contribution in [0, 0.1) is 13.8 Å². The summed E-state index contributed by atoms with van der Waals surface area (Å²) in [7, 11) is 0. The third-order valence-corrected chi connectivity index (χ3v) is 6.50. The van der Waals surface area contributed by atoms with Gasteiger partial charge in [-0.15, -0.1) is 0 Å². The fourth-order valence-corrected chi connectivity index (χ4v) is 4.74. The number of halogens is 1. The molecule has 1 aliphatic heterocycles. The molecule has 4 aromatic rings. The van der Waals surface area contributed by atoms with Gasteiger partial charge in [0.25, 0.3) is 5.91 Å². The third kappa shape index (κ3) is 3.92. The molecule has 5 rings (SSSR count). The smallest absolute Gasteiger partial charge is 0.254 e. The minimum atomic E-state index is -0.0263. The van der Waals surface area contributed by atoms with Crippen LogP contribution in [0.2, 0.25) is 5.02 Å². The van der Waals surface area contributed by atoms with Crippen LogP contribution in [0.25, 0.3) is 22.3 Å². The van der Waals surface area contributed by atoms with Crippen molar-refractivity contribution in [3.05, 3.63) is 58.8 Å². The zero-order valence-electron chi connectivity index (χ0n) is 19.7. The van der Waals surface area contributed by atoms with E-state index < -0.39 is 0 Å². The number of rotatable bonds is 4. The summed E-state index contributed by atoms with van der Waals surface area (Å²) in [4.78, 5) is 27.1. The Kier molecular flexibility index (Phi) is 5.77. The number of fused-ring (bicyclic) bond motifs is 1. The first kappa shape index (κ1) is 22.4. The second kappa shape index (κ2) is 8.76. The van der Waals surface area contributed by atoms with E-state index in [0.29, 0.717) is 48.1 Å². The molecule has 176 valence electrons. The molecule has 0 unspecified atom stereocenters. The highest BCUT2D eigenvalue weighted by Gasteiger charge is 2.27. The minimum Gasteiger partial charge on any atom is -0.466 e. The maximum atomic E-state index is 13.8. The molecule has 9 heteroatoms. The van der Waals surface area contributed by atoms with Crippen LogP contribution in [0.15, 0.2) is 41.1 Å². The molecule has 1 saturated heterocycles. The second-order valence-corrected chi connectivity index (χ2v) is 9.30. The standard InChI is InChI=1S/C25H27ClN6O2/c1-15(2)32-23-20(14-28-32)19(13-22(29-23)18-12-16(3)34-17(18)4)25(33)31-10-8-30(9-11-31)24-21(26)6-5-7-27-24/h5-7,12-15H,8-11H2,1-4H3. The molecule has 34 heavy (non-hydrogen) atoms. The molecule has 0 saturated carbocycles. The molecule has 5 heterocycles. The Morgan fingerprint density at radius 2 is 1.91 bits per heavy atom. The number of hydrogen-bond donors (Lipinski definition) is 0. The van der Waals surface area contributed by atoms with E-state index in [1.54, 1.807) is 12.4 Å². The number of piperazine rings is 1. The molecule has 8 nitrogen and oxygen atoms in total. The highest BCUT2D eigenvalue weighted by Crippen LogP contribution is 2.31. The highest BCUT2D eigenvalue weighted by molar-refractivity contribution is 6.32. The Balaban J connectivity index is 1.50. The van der Waals surface area contributed by atoms with Crippen LogP contribution in [0.5, 0.6) is 0 Å². The van der Waals surface area contributed by atoms with Gasteiger partial charge in [0.2, 0.25) is 0 Å². The van der Waals surface area contributed by atoms with Crippen LogP contribution < -0.4 is 4.90 Å². The Morgan fingerprint density at radius 3 is 2.56 bits per heavy atom. The number of carbonyl (C=O) groups excluding carboxylic acids is 1. The first-order chi connectivity index (χ1) is 16.3. The quantitative estimate of drug-likeness (QED) is 0.415. The molecule has 0 bridgehead atoms. The number of nitrogens with zero attached hydrogens (tertiary/aromatic N) is 6. The Hall–Kier alpha value is -3.39. The van der Waals surface area contributed by atoms with Gasteiger partial charge in [-0.1, -0.05) is 11.6 Å². The maximum absolute atomic E-state index is 13.8. The second-order valence-electron chi connectivity index (χ2n) is 8.89. The van der Waals surface area contributed by atoms with E-state index in [1.165, 1.54) is 0 Å². The summed E-state index contributed by atoms with van der Waals surface area (Å²) in [6.45, 7) is 10.4. The molecule has 0 radical (unpaired) electrons. The Morgan fingerprint density at radius 1 is 1.15 bits per heavy atom. The SMILES string of the molecule is Cc1cc(-c2cc(C(=O)N3CCN(c4ncccc4Cl)CC3)c3cnn(C(C)C)c3n2)c(C)o1. The van der Waals surface area contributed by atoms with E-state index >= 15 is 0 Å². The van der Waals surface area contributed by atoms with Gasteiger partial charge in [0.05, 0.1) is 27.9 Å². The maximum Gasteiger partial charge on any atom is 0.254 e. The lowest BCUT2D eigenvalue weighted by Crippen LogP contribution is -2.49. The predicted octanol–water partition coefficient (Wildman–Crippen LogP) is 4.90. The summed E-state index contributed by atoms with van der Waals surface area (Å²) in [6.07, 6.45) is 3.48. The lowest BCUT2D eigenvalue weighted by atomic mass is 10.1. The van der Waals surface area contributed by atoms with Gasteiger partial charge in [0.15, 0.2) is 5.65 Å². The van der Waals surface area contributed by atoms with E-state index in [9.17, 15) is 4.79 Å². The van der Waals surface area contributed by atoms with Crippen LogP contribution in [0.1, 0.15) is 41.8 Å². The van der Waals surface area contributed by atoms with Crippen molar-refractivity contribution in [2.75, 3.05) is 31.1 Å². The van der Waals surface area contributed by atoms with E-state index in [4.69, 9.17) is 21.0 Å². The number of furan rings is 1. The van der Waals surface area contributed by atoms with Crippen molar-refractivity contribution in [1.82, 2.24) is 24.6 Å². The highest BCUT2D eigenvalue weighted by atomic mass is 35.5. The van der Waals surface area contributed by atoms with Gasteiger partial charge in [-0.05, 0) is 52.0 Å². The minimum absolute atomic E-state index is 0.0263. The first-order valence-corrected chi connectivity index (χ1v) is 11.8. The zero-order valence-corrected chi connectivity index (χ0v) is 20.5. The molecular formula is C25H27ClN6O2. The van der Waals surface area contributed by atoms with E-state index in [2.05, 4.69) is 28.8 Å². The van der Waals surface area contributed by atoms with Crippen LogP contribution in [0.4, 0.5) is 5.82 Å². The molecule has 0 aromatic carbocycles. The predicted molar refractivity (Wildman–Crippen MR) is 132 cm³/mol. The van der Waals surface area contributed by atoms with E-state index in [-0.39, 0.29) is 11.9 Å². The molecule has 1 fully saturated rings. The van der Waals surface area contributed by atoms with Gasteiger partial charge in [-0.2, -0.15) is 5.10 Å². The van der Waals surface area contributed by atoms with Crippen LogP contribution in [-0.4, -0.2) is 56.7 Å². The van der Waals surface area contributed by atoms with Crippen molar-refractivity contribution in [1.29, 1.82) is 0 Å². The average molecular weight is 479 g/mol. The zero-order chi connectivity index (χ0) is 24.0. The topological polar surface area (TPSA) is 80.3 Å². The van der Waals surface area contributed by atoms with Crippen molar-refractivity contribution in [3.8, 4) is 11.3 Å². The number of carbonyl (C=O) groups is 1. The summed E-state index contributed by atoms with van der Waals surface area (Å²) in [5.41, 5.74) is 2.91. The number of anilines is 1. The summed E-state index contributed by atoms with van der Waals surface area (Å²) in [5, 5.41) is 5.92. The number of pyridine rings is 2. The van der Waals surface area contributed by atoms with Gasteiger partial charge in [-0.25, -0.2) is 14.6 Å². The molecule has 0 spiro atoms. The summed E-state index contributed by atoms with van der Waals surface area (Å²) in [6, 6.07) is 7.60. The van der Waals surface area contributed by atoms with Gasteiger partial charge in [0.1, 0.15) is 17.3 Å².